The fourth-order valence-electron chi connectivity index (χ4n) is 2.76. The number of carbonyl (C=O) groups is 1. The van der Waals surface area contributed by atoms with Crippen molar-refractivity contribution >= 4 is 17.3 Å². The van der Waals surface area contributed by atoms with Crippen LogP contribution in [0, 0.1) is 0 Å². The van der Waals surface area contributed by atoms with Gasteiger partial charge >= 0.3 is 5.97 Å². The van der Waals surface area contributed by atoms with Gasteiger partial charge in [0.05, 0.1) is 12.0 Å². The van der Waals surface area contributed by atoms with Crippen LogP contribution in [-0.2, 0) is 11.3 Å². The SMILES string of the molecule is CC1(C(=O)O)CCCCN1Cc1csc(-c2ccco2)n1. The molecular weight excluding hydrogens is 288 g/mol. The van der Waals surface area contributed by atoms with Crippen molar-refractivity contribution in [3.05, 3.63) is 29.5 Å². The molecule has 1 N–H and O–H groups in total. The van der Waals surface area contributed by atoms with Gasteiger partial charge in [-0.25, -0.2) is 4.98 Å². The molecule has 1 aliphatic heterocycles. The van der Waals surface area contributed by atoms with E-state index in [0.29, 0.717) is 13.0 Å². The van der Waals surface area contributed by atoms with Gasteiger partial charge in [0.15, 0.2) is 10.8 Å². The summed E-state index contributed by atoms with van der Waals surface area (Å²) in [4.78, 5) is 18.2. The molecule has 0 amide bonds. The molecule has 1 aliphatic rings. The molecule has 5 nitrogen and oxygen atoms in total. The maximum atomic E-state index is 11.6. The summed E-state index contributed by atoms with van der Waals surface area (Å²) in [5, 5.41) is 12.3. The van der Waals surface area contributed by atoms with Crippen molar-refractivity contribution in [2.45, 2.75) is 38.3 Å². The highest BCUT2D eigenvalue weighted by molar-refractivity contribution is 7.13. The number of furan rings is 1. The van der Waals surface area contributed by atoms with E-state index in [1.54, 1.807) is 6.26 Å². The summed E-state index contributed by atoms with van der Waals surface area (Å²) >= 11 is 1.53. The van der Waals surface area contributed by atoms with Gasteiger partial charge in [-0.3, -0.25) is 9.69 Å². The van der Waals surface area contributed by atoms with Crippen LogP contribution < -0.4 is 0 Å². The number of likely N-dealkylation sites (tertiary alicyclic amines) is 1. The monoisotopic (exact) mass is 306 g/mol. The van der Waals surface area contributed by atoms with Crippen LogP contribution in [0.15, 0.2) is 28.2 Å². The van der Waals surface area contributed by atoms with Crippen LogP contribution >= 0.6 is 11.3 Å². The Morgan fingerprint density at radius 2 is 2.43 bits per heavy atom. The van der Waals surface area contributed by atoms with Crippen molar-refractivity contribution < 1.29 is 14.3 Å². The highest BCUT2D eigenvalue weighted by Crippen LogP contribution is 2.31. The summed E-state index contributed by atoms with van der Waals surface area (Å²) in [7, 11) is 0. The maximum Gasteiger partial charge on any atom is 0.323 e. The van der Waals surface area contributed by atoms with E-state index in [1.165, 1.54) is 11.3 Å². The second-order valence-electron chi connectivity index (χ2n) is 5.58. The molecule has 0 bridgehead atoms. The normalized spacial score (nSPS) is 23.3. The summed E-state index contributed by atoms with van der Waals surface area (Å²) in [5.74, 6) is 0.00887. The Bertz CT molecular complexity index is 623. The fraction of sp³-hybridized carbons (Fsp3) is 0.467. The lowest BCUT2D eigenvalue weighted by molar-refractivity contribution is -0.153. The lowest BCUT2D eigenvalue weighted by atomic mass is 9.88. The van der Waals surface area contributed by atoms with Crippen molar-refractivity contribution in [2.75, 3.05) is 6.54 Å². The van der Waals surface area contributed by atoms with E-state index in [-0.39, 0.29) is 0 Å². The molecule has 1 saturated heterocycles. The van der Waals surface area contributed by atoms with Gasteiger partial charge in [-0.1, -0.05) is 0 Å². The van der Waals surface area contributed by atoms with Crippen LogP contribution in [0.3, 0.4) is 0 Å². The van der Waals surface area contributed by atoms with E-state index in [1.807, 2.05) is 29.3 Å². The standard InChI is InChI=1S/C15H18N2O3S/c1-15(14(18)19)6-2-3-7-17(15)9-11-10-21-13(16-11)12-5-4-8-20-12/h4-5,8,10H,2-3,6-7,9H2,1H3,(H,18,19). The van der Waals surface area contributed by atoms with Gasteiger partial charge in [0, 0.05) is 11.9 Å². The summed E-state index contributed by atoms with van der Waals surface area (Å²) in [6.07, 6.45) is 4.33. The minimum absolute atomic E-state index is 0.569. The van der Waals surface area contributed by atoms with Crippen molar-refractivity contribution in [2.24, 2.45) is 0 Å². The van der Waals surface area contributed by atoms with Gasteiger partial charge < -0.3 is 9.52 Å². The van der Waals surface area contributed by atoms with Crippen molar-refractivity contribution in [3.8, 4) is 10.8 Å². The molecule has 3 rings (SSSR count). The first-order valence-corrected chi connectivity index (χ1v) is 7.94. The number of aliphatic carboxylic acids is 1. The zero-order valence-electron chi connectivity index (χ0n) is 11.9. The van der Waals surface area contributed by atoms with E-state index in [9.17, 15) is 9.90 Å². The third kappa shape index (κ3) is 2.73. The Morgan fingerprint density at radius 3 is 3.14 bits per heavy atom. The summed E-state index contributed by atoms with van der Waals surface area (Å²) in [6.45, 7) is 3.19. The molecule has 0 aromatic carbocycles. The summed E-state index contributed by atoms with van der Waals surface area (Å²) in [6, 6.07) is 3.72. The van der Waals surface area contributed by atoms with Crippen LogP contribution in [0.4, 0.5) is 0 Å². The molecule has 0 aliphatic carbocycles. The smallest absolute Gasteiger partial charge is 0.323 e. The van der Waals surface area contributed by atoms with Crippen molar-refractivity contribution in [1.29, 1.82) is 0 Å². The third-order valence-corrected chi connectivity index (χ3v) is 5.04. The molecule has 6 heteroatoms. The molecule has 1 fully saturated rings. The highest BCUT2D eigenvalue weighted by Gasteiger charge is 2.41. The summed E-state index contributed by atoms with van der Waals surface area (Å²) in [5.41, 5.74) is 0.118. The Balaban J connectivity index is 1.78. The topological polar surface area (TPSA) is 66.6 Å². The first-order valence-electron chi connectivity index (χ1n) is 7.06. The summed E-state index contributed by atoms with van der Waals surface area (Å²) < 4.78 is 5.34. The zero-order chi connectivity index (χ0) is 14.9. The second-order valence-corrected chi connectivity index (χ2v) is 6.44. The predicted molar refractivity (Wildman–Crippen MR) is 80.1 cm³/mol. The quantitative estimate of drug-likeness (QED) is 0.939. The average Bonchev–Trinajstić information content (AvgIpc) is 3.12. The molecule has 112 valence electrons. The van der Waals surface area contributed by atoms with Gasteiger partial charge in [0.25, 0.3) is 0 Å². The fourth-order valence-corrected chi connectivity index (χ4v) is 3.54. The zero-order valence-corrected chi connectivity index (χ0v) is 12.7. The van der Waals surface area contributed by atoms with E-state index in [4.69, 9.17) is 4.42 Å². The van der Waals surface area contributed by atoms with Gasteiger partial charge in [-0.2, -0.15) is 0 Å². The number of nitrogens with zero attached hydrogens (tertiary/aromatic N) is 2. The highest BCUT2D eigenvalue weighted by atomic mass is 32.1. The lowest BCUT2D eigenvalue weighted by Crippen LogP contribution is -2.54. The van der Waals surface area contributed by atoms with Gasteiger partial charge in [-0.05, 0) is 44.9 Å². The first kappa shape index (κ1) is 14.3. The Labute approximate surface area is 127 Å². The molecular formula is C15H18N2O3S. The second kappa shape index (κ2) is 5.61. The van der Waals surface area contributed by atoms with E-state index in [2.05, 4.69) is 4.98 Å². The predicted octanol–water partition coefficient (Wildman–Crippen LogP) is 3.23. The molecule has 2 aromatic rings. The molecule has 3 heterocycles. The molecule has 0 spiro atoms. The van der Waals surface area contributed by atoms with Gasteiger partial charge in [0.2, 0.25) is 0 Å². The lowest BCUT2D eigenvalue weighted by Gasteiger charge is -2.41. The number of thiazole rings is 1. The molecule has 1 atom stereocenters. The minimum Gasteiger partial charge on any atom is -0.480 e. The number of hydrogen-bond donors (Lipinski definition) is 1. The van der Waals surface area contributed by atoms with Crippen molar-refractivity contribution in [1.82, 2.24) is 9.88 Å². The average molecular weight is 306 g/mol. The molecule has 1 unspecified atom stereocenters. The first-order chi connectivity index (χ1) is 10.1. The number of hydrogen-bond acceptors (Lipinski definition) is 5. The van der Waals surface area contributed by atoms with Crippen LogP contribution in [0.2, 0.25) is 0 Å². The van der Waals surface area contributed by atoms with E-state index >= 15 is 0 Å². The van der Waals surface area contributed by atoms with Crippen LogP contribution in [0.5, 0.6) is 0 Å². The molecule has 2 aromatic heterocycles. The van der Waals surface area contributed by atoms with Crippen LogP contribution in [0.25, 0.3) is 10.8 Å². The van der Waals surface area contributed by atoms with Gasteiger partial charge in [-0.15, -0.1) is 11.3 Å². The van der Waals surface area contributed by atoms with Crippen molar-refractivity contribution in [3.63, 3.8) is 0 Å². The Morgan fingerprint density at radius 1 is 1.57 bits per heavy atom. The molecule has 0 saturated carbocycles. The van der Waals surface area contributed by atoms with Crippen LogP contribution in [0.1, 0.15) is 31.9 Å². The number of carboxylic acid groups (broad SMARTS) is 1. The maximum absolute atomic E-state index is 11.6. The third-order valence-electron chi connectivity index (χ3n) is 4.14. The number of aromatic nitrogens is 1. The minimum atomic E-state index is -0.785. The number of piperidine rings is 1. The largest absolute Gasteiger partial charge is 0.480 e. The van der Waals surface area contributed by atoms with Crippen LogP contribution in [-0.4, -0.2) is 33.0 Å². The van der Waals surface area contributed by atoms with Gasteiger partial charge in [0.1, 0.15) is 5.54 Å². The Kier molecular flexibility index (Phi) is 3.82. The molecule has 0 radical (unpaired) electrons. The number of rotatable bonds is 4. The number of carboxylic acids is 1. The van der Waals surface area contributed by atoms with E-state index < -0.39 is 11.5 Å². The molecule has 21 heavy (non-hydrogen) atoms. The van der Waals surface area contributed by atoms with E-state index in [0.717, 1.165) is 35.8 Å². The Hall–Kier alpha value is -1.66.